The first-order chi connectivity index (χ1) is 7.24. The van der Waals surface area contributed by atoms with E-state index in [1.54, 1.807) is 5.41 Å². The second kappa shape index (κ2) is 6.24. The van der Waals surface area contributed by atoms with Crippen LogP contribution in [0.15, 0.2) is 46.3 Å². The number of thioether (sulfide) groups is 1. The minimum Gasteiger partial charge on any atom is -0.259 e. The number of nitrogens with zero attached hydrogens (tertiary/aromatic N) is 1. The lowest BCUT2D eigenvalue weighted by Crippen LogP contribution is -1.97. The Balaban J connectivity index is 2.65. The Morgan fingerprint density at radius 2 is 2.13 bits per heavy atom. The van der Waals surface area contributed by atoms with Gasteiger partial charge in [-0.2, -0.15) is 0 Å². The molecule has 1 rings (SSSR count). The van der Waals surface area contributed by atoms with Gasteiger partial charge in [-0.1, -0.05) is 36.9 Å². The van der Waals surface area contributed by atoms with Gasteiger partial charge in [0.1, 0.15) is 0 Å². The van der Waals surface area contributed by atoms with Crippen LogP contribution in [0.25, 0.3) is 0 Å². The van der Waals surface area contributed by atoms with Crippen molar-refractivity contribution >= 4 is 11.8 Å². The Morgan fingerprint density at radius 3 is 2.67 bits per heavy atom. The van der Waals surface area contributed by atoms with Crippen LogP contribution < -0.4 is 0 Å². The SMILES string of the molecule is CCCC(=CSc1ccccc1)[N+](=O)[O-]. The first kappa shape index (κ1) is 11.8. The lowest BCUT2D eigenvalue weighted by atomic mass is 10.3. The highest BCUT2D eigenvalue weighted by Gasteiger charge is 2.08. The van der Waals surface area contributed by atoms with Crippen LogP contribution in [-0.2, 0) is 0 Å². The smallest absolute Gasteiger partial charge is 0.252 e. The molecular weight excluding hydrogens is 210 g/mol. The fraction of sp³-hybridized carbons (Fsp3) is 0.273. The molecule has 0 radical (unpaired) electrons. The minimum absolute atomic E-state index is 0.284. The van der Waals surface area contributed by atoms with Gasteiger partial charge in [0.05, 0.1) is 4.92 Å². The zero-order chi connectivity index (χ0) is 11.1. The summed E-state index contributed by atoms with van der Waals surface area (Å²) in [5.41, 5.74) is 0.284. The average molecular weight is 223 g/mol. The highest BCUT2D eigenvalue weighted by atomic mass is 32.2. The summed E-state index contributed by atoms with van der Waals surface area (Å²) in [6.45, 7) is 1.94. The third-order valence-corrected chi connectivity index (χ3v) is 2.75. The third-order valence-electron chi connectivity index (χ3n) is 1.81. The van der Waals surface area contributed by atoms with E-state index in [2.05, 4.69) is 0 Å². The molecule has 0 heterocycles. The Hall–Kier alpha value is -1.29. The summed E-state index contributed by atoms with van der Waals surface area (Å²) >= 11 is 1.39. The summed E-state index contributed by atoms with van der Waals surface area (Å²) in [7, 11) is 0. The van der Waals surface area contributed by atoms with Gasteiger partial charge in [0, 0.05) is 16.7 Å². The van der Waals surface area contributed by atoms with Gasteiger partial charge in [-0.15, -0.1) is 0 Å². The van der Waals surface area contributed by atoms with Gasteiger partial charge < -0.3 is 0 Å². The summed E-state index contributed by atoms with van der Waals surface area (Å²) in [4.78, 5) is 11.3. The molecule has 0 bridgehead atoms. The van der Waals surface area contributed by atoms with Crippen molar-refractivity contribution in [3.8, 4) is 0 Å². The monoisotopic (exact) mass is 223 g/mol. The molecule has 1 aromatic carbocycles. The summed E-state index contributed by atoms with van der Waals surface area (Å²) < 4.78 is 0. The van der Waals surface area contributed by atoms with E-state index < -0.39 is 0 Å². The van der Waals surface area contributed by atoms with Crippen molar-refractivity contribution < 1.29 is 4.92 Å². The van der Waals surface area contributed by atoms with E-state index in [9.17, 15) is 10.1 Å². The maximum Gasteiger partial charge on any atom is 0.252 e. The van der Waals surface area contributed by atoms with Crippen LogP contribution in [0.2, 0.25) is 0 Å². The molecule has 0 aliphatic rings. The van der Waals surface area contributed by atoms with Crippen molar-refractivity contribution in [1.82, 2.24) is 0 Å². The predicted molar refractivity (Wildman–Crippen MR) is 62.3 cm³/mol. The van der Waals surface area contributed by atoms with Gasteiger partial charge in [-0.3, -0.25) is 10.1 Å². The largest absolute Gasteiger partial charge is 0.259 e. The molecule has 1 aromatic rings. The van der Waals surface area contributed by atoms with Crippen molar-refractivity contribution in [2.45, 2.75) is 24.7 Å². The van der Waals surface area contributed by atoms with Gasteiger partial charge in [0.2, 0.25) is 0 Å². The number of nitro groups is 1. The molecular formula is C11H13NO2S. The van der Waals surface area contributed by atoms with Crippen LogP contribution in [-0.4, -0.2) is 4.92 Å². The van der Waals surface area contributed by atoms with E-state index in [-0.39, 0.29) is 10.6 Å². The zero-order valence-corrected chi connectivity index (χ0v) is 9.37. The van der Waals surface area contributed by atoms with E-state index in [1.165, 1.54) is 11.8 Å². The molecule has 0 aliphatic carbocycles. The Kier molecular flexibility index (Phi) is 4.90. The van der Waals surface area contributed by atoms with E-state index in [0.29, 0.717) is 6.42 Å². The molecule has 80 valence electrons. The van der Waals surface area contributed by atoms with Gasteiger partial charge in [-0.05, 0) is 18.6 Å². The van der Waals surface area contributed by atoms with Crippen LogP contribution in [0.4, 0.5) is 0 Å². The van der Waals surface area contributed by atoms with Crippen molar-refractivity contribution in [3.63, 3.8) is 0 Å². The summed E-state index contributed by atoms with van der Waals surface area (Å²) in [6, 6.07) is 9.63. The highest BCUT2D eigenvalue weighted by molar-refractivity contribution is 8.02. The number of hydrogen-bond donors (Lipinski definition) is 0. The van der Waals surface area contributed by atoms with Crippen molar-refractivity contribution in [2.75, 3.05) is 0 Å². The maximum absolute atomic E-state index is 10.6. The van der Waals surface area contributed by atoms with E-state index >= 15 is 0 Å². The molecule has 0 aromatic heterocycles. The molecule has 0 spiro atoms. The predicted octanol–water partition coefficient (Wildman–Crippen LogP) is 3.70. The van der Waals surface area contributed by atoms with Crippen molar-refractivity contribution in [1.29, 1.82) is 0 Å². The first-order valence-corrected chi connectivity index (χ1v) is 5.67. The number of allylic oxidation sites excluding steroid dienone is 1. The fourth-order valence-electron chi connectivity index (χ4n) is 1.08. The van der Waals surface area contributed by atoms with Gasteiger partial charge in [-0.25, -0.2) is 0 Å². The lowest BCUT2D eigenvalue weighted by Gasteiger charge is -1.97. The summed E-state index contributed by atoms with van der Waals surface area (Å²) in [6.07, 6.45) is 1.31. The van der Waals surface area contributed by atoms with Crippen molar-refractivity contribution in [2.24, 2.45) is 0 Å². The molecule has 0 saturated heterocycles. The molecule has 4 heteroatoms. The third kappa shape index (κ3) is 4.16. The molecule has 0 aliphatic heterocycles. The van der Waals surface area contributed by atoms with E-state index in [1.807, 2.05) is 37.3 Å². The van der Waals surface area contributed by atoms with E-state index in [0.717, 1.165) is 11.3 Å². The average Bonchev–Trinajstić information content (AvgIpc) is 2.25. The number of benzene rings is 1. The minimum atomic E-state index is -0.306. The number of hydrogen-bond acceptors (Lipinski definition) is 3. The molecule has 0 N–H and O–H groups in total. The molecule has 0 unspecified atom stereocenters. The van der Waals surface area contributed by atoms with Crippen LogP contribution in [0, 0.1) is 10.1 Å². The number of rotatable bonds is 5. The zero-order valence-electron chi connectivity index (χ0n) is 8.55. The summed E-state index contributed by atoms with van der Waals surface area (Å²) in [5.74, 6) is 0. The van der Waals surface area contributed by atoms with Gasteiger partial charge >= 0.3 is 0 Å². The lowest BCUT2D eigenvalue weighted by molar-refractivity contribution is -0.427. The Bertz CT molecular complexity index is 349. The molecule has 3 nitrogen and oxygen atoms in total. The quantitative estimate of drug-likeness (QED) is 0.434. The van der Waals surface area contributed by atoms with Crippen molar-refractivity contribution in [3.05, 3.63) is 51.6 Å². The maximum atomic E-state index is 10.6. The fourth-order valence-corrected chi connectivity index (χ4v) is 1.87. The normalized spacial score (nSPS) is 11.4. The molecule has 0 amide bonds. The van der Waals surface area contributed by atoms with Crippen LogP contribution in [0.1, 0.15) is 19.8 Å². The standard InChI is InChI=1S/C11H13NO2S/c1-2-6-10(12(13)14)9-15-11-7-4-3-5-8-11/h3-5,7-9H,2,6H2,1H3. The molecule has 0 fully saturated rings. The Morgan fingerprint density at radius 1 is 1.47 bits per heavy atom. The van der Waals surface area contributed by atoms with Crippen LogP contribution in [0.3, 0.4) is 0 Å². The van der Waals surface area contributed by atoms with Crippen LogP contribution in [0.5, 0.6) is 0 Å². The topological polar surface area (TPSA) is 43.1 Å². The molecule has 0 saturated carbocycles. The molecule has 15 heavy (non-hydrogen) atoms. The second-order valence-electron chi connectivity index (χ2n) is 3.05. The van der Waals surface area contributed by atoms with E-state index in [4.69, 9.17) is 0 Å². The Labute approximate surface area is 93.3 Å². The molecule has 0 atom stereocenters. The van der Waals surface area contributed by atoms with Crippen LogP contribution >= 0.6 is 11.8 Å². The van der Waals surface area contributed by atoms with Gasteiger partial charge in [0.15, 0.2) is 0 Å². The summed E-state index contributed by atoms with van der Waals surface area (Å²) in [5, 5.41) is 12.3. The van der Waals surface area contributed by atoms with Gasteiger partial charge in [0.25, 0.3) is 5.70 Å². The first-order valence-electron chi connectivity index (χ1n) is 4.79. The second-order valence-corrected chi connectivity index (χ2v) is 3.99. The highest BCUT2D eigenvalue weighted by Crippen LogP contribution is 2.21.